The maximum absolute atomic E-state index is 13.1. The molecule has 25 heavy (non-hydrogen) atoms. The predicted molar refractivity (Wildman–Crippen MR) is 94.8 cm³/mol. The number of rotatable bonds is 2. The maximum Gasteiger partial charge on any atom is 0.336 e. The zero-order valence-corrected chi connectivity index (χ0v) is 14.5. The number of aromatic nitrogens is 3. The van der Waals surface area contributed by atoms with Crippen molar-refractivity contribution in [3.05, 3.63) is 63.7 Å². The zero-order chi connectivity index (χ0) is 17.7. The van der Waals surface area contributed by atoms with Crippen molar-refractivity contribution in [1.82, 2.24) is 14.0 Å². The molecule has 2 aromatic heterocycles. The summed E-state index contributed by atoms with van der Waals surface area (Å²) >= 11 is 0. The second-order valence-electron chi connectivity index (χ2n) is 6.70. The van der Waals surface area contributed by atoms with E-state index in [1.54, 1.807) is 17.7 Å². The first-order valence-corrected chi connectivity index (χ1v) is 8.43. The number of ether oxygens (including phenoxy) is 1. The second-order valence-corrected chi connectivity index (χ2v) is 6.70. The molecule has 2 aliphatic carbocycles. The Labute approximate surface area is 145 Å². The van der Waals surface area contributed by atoms with Crippen LogP contribution < -0.4 is 5.69 Å². The summed E-state index contributed by atoms with van der Waals surface area (Å²) in [7, 11) is 1.63. The van der Waals surface area contributed by atoms with Gasteiger partial charge in [-0.2, -0.15) is 0 Å². The number of imidazole rings is 1. The van der Waals surface area contributed by atoms with Crippen LogP contribution >= 0.6 is 0 Å². The molecule has 0 saturated heterocycles. The van der Waals surface area contributed by atoms with Gasteiger partial charge >= 0.3 is 5.69 Å². The molecule has 0 bridgehead atoms. The number of aryl methyl sites for hydroxylation is 1. The van der Waals surface area contributed by atoms with Gasteiger partial charge in [-0.15, -0.1) is 0 Å². The molecular weight excluding hydrogens is 318 g/mol. The quantitative estimate of drug-likeness (QED) is 0.854. The fourth-order valence-corrected chi connectivity index (χ4v) is 3.80. The first-order valence-electron chi connectivity index (χ1n) is 8.43. The molecule has 2 aliphatic rings. The number of hydrogen-bond acceptors (Lipinski definition) is 4. The molecule has 1 N–H and O–H groups in total. The number of hydrogen-bond donors (Lipinski definition) is 1. The van der Waals surface area contributed by atoms with Crippen molar-refractivity contribution in [2.24, 2.45) is 0 Å². The Morgan fingerprint density at radius 3 is 2.92 bits per heavy atom. The molecule has 2 aromatic rings. The Morgan fingerprint density at radius 1 is 1.40 bits per heavy atom. The minimum Gasteiger partial charge on any atom is -0.497 e. The van der Waals surface area contributed by atoms with E-state index in [-0.39, 0.29) is 17.6 Å². The van der Waals surface area contributed by atoms with Crippen molar-refractivity contribution in [2.45, 2.75) is 38.6 Å². The van der Waals surface area contributed by atoms with E-state index in [2.05, 4.69) is 11.6 Å². The summed E-state index contributed by atoms with van der Waals surface area (Å²) in [6.45, 7) is 5.99. The monoisotopic (exact) mass is 339 g/mol. The summed E-state index contributed by atoms with van der Waals surface area (Å²) < 4.78 is 8.35. The van der Waals surface area contributed by atoms with Gasteiger partial charge in [-0.3, -0.25) is 14.0 Å². The van der Waals surface area contributed by atoms with Gasteiger partial charge in [0.25, 0.3) is 0 Å². The topological polar surface area (TPSA) is 68.8 Å². The van der Waals surface area contributed by atoms with Gasteiger partial charge in [0, 0.05) is 6.42 Å². The molecule has 1 unspecified atom stereocenters. The molecular formula is C19H21N3O3. The minimum absolute atomic E-state index is 0.0418. The van der Waals surface area contributed by atoms with E-state index < -0.39 is 0 Å². The molecule has 0 aliphatic heterocycles. The van der Waals surface area contributed by atoms with Gasteiger partial charge < -0.3 is 9.84 Å². The molecule has 6 nitrogen and oxygen atoms in total. The van der Waals surface area contributed by atoms with Gasteiger partial charge in [0.1, 0.15) is 11.3 Å². The molecule has 1 atom stereocenters. The van der Waals surface area contributed by atoms with E-state index in [1.165, 1.54) is 4.57 Å². The number of allylic oxidation sites excluding steroid dienone is 4. The molecule has 0 spiro atoms. The van der Waals surface area contributed by atoms with Crippen LogP contribution in [0.1, 0.15) is 37.2 Å². The lowest BCUT2D eigenvalue weighted by Gasteiger charge is -2.20. The van der Waals surface area contributed by atoms with Crippen LogP contribution in [0.4, 0.5) is 0 Å². The van der Waals surface area contributed by atoms with Crippen LogP contribution in [0.3, 0.4) is 0 Å². The molecule has 6 heteroatoms. The summed E-state index contributed by atoms with van der Waals surface area (Å²) in [5, 5.41) is 10.7. The van der Waals surface area contributed by atoms with Crippen LogP contribution in [0.25, 0.3) is 5.52 Å². The summed E-state index contributed by atoms with van der Waals surface area (Å²) in [5.41, 5.74) is 4.01. The Bertz CT molecular complexity index is 1010. The lowest BCUT2D eigenvalue weighted by atomic mass is 9.96. The highest BCUT2D eigenvalue weighted by atomic mass is 16.5. The Balaban J connectivity index is 1.90. The Hall–Kier alpha value is -2.76. The summed E-state index contributed by atoms with van der Waals surface area (Å²) in [6.07, 6.45) is 8.38. The zero-order valence-electron chi connectivity index (χ0n) is 14.5. The van der Waals surface area contributed by atoms with Crippen molar-refractivity contribution in [2.75, 3.05) is 7.11 Å². The van der Waals surface area contributed by atoms with E-state index in [0.717, 1.165) is 41.1 Å². The van der Waals surface area contributed by atoms with Crippen LogP contribution in [0, 0.1) is 0 Å². The Morgan fingerprint density at radius 2 is 2.20 bits per heavy atom. The first-order chi connectivity index (χ1) is 12.0. The van der Waals surface area contributed by atoms with Gasteiger partial charge in [-0.1, -0.05) is 18.2 Å². The number of nitrogens with zero attached hydrogens (tertiary/aromatic N) is 3. The minimum atomic E-state index is -0.242. The van der Waals surface area contributed by atoms with Crippen LogP contribution in [-0.2, 0) is 17.6 Å². The molecule has 2 heterocycles. The summed E-state index contributed by atoms with van der Waals surface area (Å²) in [6, 6.07) is -0.242. The molecule has 4 rings (SSSR count). The van der Waals surface area contributed by atoms with E-state index in [0.29, 0.717) is 18.4 Å². The van der Waals surface area contributed by atoms with Gasteiger partial charge in [-0.05, 0) is 37.8 Å². The number of fused-ring (bicyclic) bond motifs is 3. The van der Waals surface area contributed by atoms with Crippen molar-refractivity contribution < 1.29 is 9.84 Å². The average Bonchev–Trinajstić information content (AvgIpc) is 2.86. The molecule has 0 saturated carbocycles. The number of aromatic hydroxyl groups is 1. The van der Waals surface area contributed by atoms with E-state index >= 15 is 0 Å². The highest BCUT2D eigenvalue weighted by Gasteiger charge is 2.26. The van der Waals surface area contributed by atoms with Gasteiger partial charge in [-0.25, -0.2) is 4.79 Å². The third-order valence-electron chi connectivity index (χ3n) is 5.10. The standard InChI is InChI=1S/C19H21N3O3/c1-11-4-6-14-15(8-11)22-16(10-20-14)18(23)21(19(22)24)13-5-7-17(25-3)12(2)9-13/h7,9-10,13,23H,1,4-6,8H2,2-3H3. The van der Waals surface area contributed by atoms with Crippen LogP contribution in [0.5, 0.6) is 5.88 Å². The Kier molecular flexibility index (Phi) is 3.56. The van der Waals surface area contributed by atoms with E-state index in [9.17, 15) is 9.90 Å². The summed E-state index contributed by atoms with van der Waals surface area (Å²) in [4.78, 5) is 17.6. The highest BCUT2D eigenvalue weighted by Crippen LogP contribution is 2.32. The molecule has 0 fully saturated rings. The van der Waals surface area contributed by atoms with E-state index in [4.69, 9.17) is 4.74 Å². The van der Waals surface area contributed by atoms with Crippen molar-refractivity contribution in [3.8, 4) is 5.88 Å². The lowest BCUT2D eigenvalue weighted by molar-refractivity contribution is 0.293. The van der Waals surface area contributed by atoms with Crippen LogP contribution in [0.15, 0.2) is 46.6 Å². The molecule has 0 amide bonds. The smallest absolute Gasteiger partial charge is 0.336 e. The van der Waals surface area contributed by atoms with Gasteiger partial charge in [0.05, 0.1) is 30.7 Å². The van der Waals surface area contributed by atoms with Crippen LogP contribution in [0.2, 0.25) is 0 Å². The fourth-order valence-electron chi connectivity index (χ4n) is 3.80. The third kappa shape index (κ3) is 2.32. The first kappa shape index (κ1) is 15.7. The summed E-state index contributed by atoms with van der Waals surface area (Å²) in [5.74, 6) is 0.766. The van der Waals surface area contributed by atoms with Crippen LogP contribution in [-0.4, -0.2) is 26.2 Å². The normalized spacial score (nSPS) is 20.2. The van der Waals surface area contributed by atoms with Gasteiger partial charge in [0.2, 0.25) is 5.88 Å². The maximum atomic E-state index is 13.1. The average molecular weight is 339 g/mol. The molecule has 130 valence electrons. The highest BCUT2D eigenvalue weighted by molar-refractivity contribution is 5.57. The largest absolute Gasteiger partial charge is 0.497 e. The molecule has 0 aromatic carbocycles. The van der Waals surface area contributed by atoms with Gasteiger partial charge in [0.15, 0.2) is 0 Å². The fraction of sp³-hybridized carbons (Fsp3) is 0.368. The predicted octanol–water partition coefficient (Wildman–Crippen LogP) is 2.67. The SMILES string of the molecule is C=C1CCc2ncc3c(O)n(C4C=C(C)C(OC)=CC4)c(=O)n3c2C1. The molecule has 0 radical (unpaired) electrons. The van der Waals surface area contributed by atoms with Crippen molar-refractivity contribution in [3.63, 3.8) is 0 Å². The van der Waals surface area contributed by atoms with E-state index in [1.807, 2.05) is 19.1 Å². The lowest BCUT2D eigenvalue weighted by Crippen LogP contribution is -2.27. The number of methoxy groups -OCH3 is 1. The second kappa shape index (κ2) is 5.65. The van der Waals surface area contributed by atoms with Crippen molar-refractivity contribution >= 4 is 5.52 Å². The van der Waals surface area contributed by atoms with Crippen molar-refractivity contribution in [1.29, 1.82) is 0 Å². The third-order valence-corrected chi connectivity index (χ3v) is 5.10.